The van der Waals surface area contributed by atoms with Crippen LogP contribution in [0.1, 0.15) is 43.1 Å². The molecule has 0 saturated heterocycles. The topological polar surface area (TPSA) is 108 Å². The second-order valence-corrected chi connectivity index (χ2v) is 5.60. The van der Waals surface area contributed by atoms with Crippen LogP contribution in [-0.4, -0.2) is 33.1 Å². The summed E-state index contributed by atoms with van der Waals surface area (Å²) in [6.45, 7) is 2.32. The van der Waals surface area contributed by atoms with Gasteiger partial charge in [-0.3, -0.25) is 4.79 Å². The van der Waals surface area contributed by atoms with Gasteiger partial charge in [0.1, 0.15) is 0 Å². The Labute approximate surface area is 116 Å². The van der Waals surface area contributed by atoms with Crippen molar-refractivity contribution in [3.63, 3.8) is 0 Å². The van der Waals surface area contributed by atoms with Crippen molar-refractivity contribution >= 4 is 11.7 Å². The summed E-state index contributed by atoms with van der Waals surface area (Å²) in [6.07, 6.45) is 3.22. The molecule has 0 unspecified atom stereocenters. The molecular weight excluding hydrogens is 262 g/mol. The van der Waals surface area contributed by atoms with E-state index in [0.717, 1.165) is 12.8 Å². The van der Waals surface area contributed by atoms with Crippen LogP contribution in [0.25, 0.3) is 0 Å². The van der Waals surface area contributed by atoms with Crippen LogP contribution in [0.2, 0.25) is 0 Å². The number of hydrogen-bond acceptors (Lipinski definition) is 4. The van der Waals surface area contributed by atoms with Crippen molar-refractivity contribution in [2.75, 3.05) is 6.54 Å². The quantitative estimate of drug-likeness (QED) is 0.575. The Balaban J connectivity index is 1.89. The molecule has 7 heteroatoms. The molecule has 3 N–H and O–H groups in total. The van der Waals surface area contributed by atoms with E-state index in [-0.39, 0.29) is 18.1 Å². The number of hydrogen-bond donors (Lipinski definition) is 3. The maximum atomic E-state index is 11.9. The molecule has 0 atom stereocenters. The van der Waals surface area contributed by atoms with Crippen molar-refractivity contribution in [1.82, 2.24) is 10.3 Å². The number of aliphatic hydroxyl groups is 1. The van der Waals surface area contributed by atoms with Crippen LogP contribution in [0, 0.1) is 16.0 Å². The van der Waals surface area contributed by atoms with Gasteiger partial charge < -0.3 is 20.5 Å². The molecule has 1 fully saturated rings. The molecule has 20 heavy (non-hydrogen) atoms. The second kappa shape index (κ2) is 5.62. The monoisotopic (exact) mass is 281 g/mol. The lowest BCUT2D eigenvalue weighted by atomic mass is 9.79. The third kappa shape index (κ3) is 3.36. The highest BCUT2D eigenvalue weighted by atomic mass is 16.6. The van der Waals surface area contributed by atoms with Gasteiger partial charge in [0.25, 0.3) is 5.91 Å². The summed E-state index contributed by atoms with van der Waals surface area (Å²) >= 11 is 0. The van der Waals surface area contributed by atoms with Crippen LogP contribution in [0.4, 0.5) is 5.82 Å². The lowest BCUT2D eigenvalue weighted by molar-refractivity contribution is -0.389. The van der Waals surface area contributed by atoms with E-state index in [1.54, 1.807) is 0 Å². The first-order valence-electron chi connectivity index (χ1n) is 6.74. The number of H-pyrrole nitrogens is 1. The molecule has 1 amide bonds. The Morgan fingerprint density at radius 2 is 2.20 bits per heavy atom. The second-order valence-electron chi connectivity index (χ2n) is 5.60. The van der Waals surface area contributed by atoms with Gasteiger partial charge >= 0.3 is 5.82 Å². The normalized spacial score (nSPS) is 26.2. The van der Waals surface area contributed by atoms with Crippen molar-refractivity contribution in [3.05, 3.63) is 27.9 Å². The van der Waals surface area contributed by atoms with Gasteiger partial charge in [-0.1, -0.05) is 6.92 Å². The van der Waals surface area contributed by atoms with Crippen LogP contribution >= 0.6 is 0 Å². The van der Waals surface area contributed by atoms with Gasteiger partial charge in [0, 0.05) is 12.6 Å². The molecule has 1 aromatic heterocycles. The summed E-state index contributed by atoms with van der Waals surface area (Å²) in [5.41, 5.74) is -0.731. The third-order valence-electron chi connectivity index (χ3n) is 3.89. The number of nitro groups is 1. The lowest BCUT2D eigenvalue weighted by Crippen LogP contribution is -2.45. The van der Waals surface area contributed by atoms with Crippen molar-refractivity contribution < 1.29 is 14.8 Å². The average molecular weight is 281 g/mol. The highest BCUT2D eigenvalue weighted by Crippen LogP contribution is 2.31. The van der Waals surface area contributed by atoms with Gasteiger partial charge in [-0.15, -0.1) is 0 Å². The highest BCUT2D eigenvalue weighted by molar-refractivity contribution is 5.92. The fraction of sp³-hybridized carbons (Fsp3) is 0.615. The van der Waals surface area contributed by atoms with E-state index < -0.39 is 16.4 Å². The van der Waals surface area contributed by atoms with E-state index >= 15 is 0 Å². The van der Waals surface area contributed by atoms with Gasteiger partial charge in [0.2, 0.25) is 0 Å². The molecule has 1 aromatic rings. The predicted octanol–water partition coefficient (Wildman–Crippen LogP) is 1.59. The molecule has 1 saturated carbocycles. The van der Waals surface area contributed by atoms with Crippen molar-refractivity contribution in [1.29, 1.82) is 0 Å². The number of nitrogens with one attached hydrogen (secondary N) is 2. The highest BCUT2D eigenvalue weighted by Gasteiger charge is 2.32. The number of amides is 1. The molecule has 0 aliphatic heterocycles. The number of carbonyl (C=O) groups excluding carboxylic acids is 1. The molecule has 1 aliphatic rings. The smallest absolute Gasteiger partial charge is 0.321 e. The minimum atomic E-state index is -0.860. The van der Waals surface area contributed by atoms with Crippen molar-refractivity contribution in [2.24, 2.45) is 5.92 Å². The first kappa shape index (κ1) is 14.5. The first-order valence-corrected chi connectivity index (χ1v) is 6.74. The standard InChI is InChI=1S/C13H19N3O4/c1-9-4-6-13(18,7-5-9)8-14-12(17)10-2-3-11(15-10)16(19)20/h2-3,9,15,18H,4-8H2,1H3,(H,14,17). The molecule has 0 bridgehead atoms. The molecule has 1 aliphatic carbocycles. The maximum Gasteiger partial charge on any atom is 0.321 e. The molecule has 0 aromatic carbocycles. The van der Waals surface area contributed by atoms with Crippen molar-refractivity contribution in [2.45, 2.75) is 38.2 Å². The van der Waals surface area contributed by atoms with Crippen LogP contribution in [0.3, 0.4) is 0 Å². The fourth-order valence-corrected chi connectivity index (χ4v) is 2.44. The van der Waals surface area contributed by atoms with Crippen LogP contribution in [0.5, 0.6) is 0 Å². The Morgan fingerprint density at radius 3 is 2.75 bits per heavy atom. The van der Waals surface area contributed by atoms with Gasteiger partial charge in [-0.25, -0.2) is 4.98 Å². The van der Waals surface area contributed by atoms with E-state index in [1.165, 1.54) is 12.1 Å². The minimum absolute atomic E-state index is 0.129. The number of rotatable bonds is 4. The molecule has 0 radical (unpaired) electrons. The number of carbonyl (C=O) groups is 1. The molecular formula is C13H19N3O4. The Morgan fingerprint density at radius 1 is 1.55 bits per heavy atom. The summed E-state index contributed by atoms with van der Waals surface area (Å²) in [5, 5.41) is 23.5. The zero-order valence-corrected chi connectivity index (χ0v) is 11.4. The summed E-state index contributed by atoms with van der Waals surface area (Å²) in [5.74, 6) is -0.0532. The predicted molar refractivity (Wildman–Crippen MR) is 72.4 cm³/mol. The molecule has 110 valence electrons. The number of aromatic nitrogens is 1. The number of nitrogens with zero attached hydrogens (tertiary/aromatic N) is 1. The van der Waals surface area contributed by atoms with E-state index in [9.17, 15) is 20.0 Å². The summed E-state index contributed by atoms with van der Waals surface area (Å²) in [7, 11) is 0. The van der Waals surface area contributed by atoms with Gasteiger partial charge in [0.15, 0.2) is 5.69 Å². The van der Waals surface area contributed by atoms with Crippen molar-refractivity contribution in [3.8, 4) is 0 Å². The Bertz CT molecular complexity index is 503. The van der Waals surface area contributed by atoms with E-state index in [4.69, 9.17) is 0 Å². The van der Waals surface area contributed by atoms with Crippen LogP contribution in [0.15, 0.2) is 12.1 Å². The molecule has 1 heterocycles. The van der Waals surface area contributed by atoms with Gasteiger partial charge in [-0.05, 0) is 42.6 Å². The van der Waals surface area contributed by atoms with Gasteiger partial charge in [-0.2, -0.15) is 0 Å². The fourth-order valence-electron chi connectivity index (χ4n) is 2.44. The SMILES string of the molecule is CC1CCC(O)(CNC(=O)c2ccc([N+](=O)[O-])[nH]2)CC1. The molecule has 7 nitrogen and oxygen atoms in total. The first-order chi connectivity index (χ1) is 9.39. The lowest BCUT2D eigenvalue weighted by Gasteiger charge is -2.34. The summed E-state index contributed by atoms with van der Waals surface area (Å²) in [4.78, 5) is 24.2. The number of aromatic amines is 1. The summed E-state index contributed by atoms with van der Waals surface area (Å²) < 4.78 is 0. The minimum Gasteiger partial charge on any atom is -0.388 e. The molecule has 0 spiro atoms. The zero-order valence-electron chi connectivity index (χ0n) is 11.4. The zero-order chi connectivity index (χ0) is 14.8. The van der Waals surface area contributed by atoms with Crippen LogP contribution in [-0.2, 0) is 0 Å². The van der Waals surface area contributed by atoms with E-state index in [2.05, 4.69) is 17.2 Å². The third-order valence-corrected chi connectivity index (χ3v) is 3.89. The van der Waals surface area contributed by atoms with Crippen LogP contribution < -0.4 is 5.32 Å². The van der Waals surface area contributed by atoms with Gasteiger partial charge in [0.05, 0.1) is 5.60 Å². The van der Waals surface area contributed by atoms with E-state index in [1.807, 2.05) is 0 Å². The largest absolute Gasteiger partial charge is 0.388 e. The maximum absolute atomic E-state index is 11.9. The average Bonchev–Trinajstić information content (AvgIpc) is 2.90. The molecule has 2 rings (SSSR count). The van der Waals surface area contributed by atoms with E-state index in [0.29, 0.717) is 18.8 Å². The summed E-state index contributed by atoms with van der Waals surface area (Å²) in [6, 6.07) is 2.60. The Kier molecular flexibility index (Phi) is 4.08. The Hall–Kier alpha value is -1.89.